The fourth-order valence-electron chi connectivity index (χ4n) is 2.37. The van der Waals surface area contributed by atoms with Gasteiger partial charge in [-0.1, -0.05) is 12.1 Å². The number of amides is 1. The Morgan fingerprint density at radius 3 is 2.33 bits per heavy atom. The van der Waals surface area contributed by atoms with Crippen molar-refractivity contribution in [3.8, 4) is 17.2 Å². The Kier molecular flexibility index (Phi) is 7.16. The van der Waals surface area contributed by atoms with Gasteiger partial charge in [-0.2, -0.15) is 8.78 Å². The molecule has 0 N–H and O–H groups in total. The summed E-state index contributed by atoms with van der Waals surface area (Å²) >= 11 is 0. The number of nitrogens with zero attached hydrogens (tertiary/aromatic N) is 1. The van der Waals surface area contributed by atoms with Crippen LogP contribution in [0.2, 0.25) is 0 Å². The van der Waals surface area contributed by atoms with Crippen LogP contribution < -0.4 is 14.2 Å². The molecule has 0 aliphatic rings. The number of benzene rings is 2. The minimum atomic E-state index is -2.86. The lowest BCUT2D eigenvalue weighted by molar-refractivity contribution is -0.125. The number of hydrogen-bond donors (Lipinski definition) is 0. The zero-order chi connectivity index (χ0) is 19.8. The molecule has 27 heavy (non-hydrogen) atoms. The van der Waals surface area contributed by atoms with Crippen molar-refractivity contribution in [2.45, 2.75) is 13.2 Å². The van der Waals surface area contributed by atoms with Gasteiger partial charge in [-0.05, 0) is 35.9 Å². The summed E-state index contributed by atoms with van der Waals surface area (Å²) in [6, 6.07) is 11.5. The summed E-state index contributed by atoms with van der Waals surface area (Å²) < 4.78 is 39.1. The third-order valence-electron chi connectivity index (χ3n) is 3.79. The second-order valence-electron chi connectivity index (χ2n) is 5.66. The molecule has 144 valence electrons. The van der Waals surface area contributed by atoms with Crippen LogP contribution in [0, 0.1) is 0 Å². The number of alkyl halides is 2. The molecule has 0 unspecified atom stereocenters. The standard InChI is InChI=1S/C20H21F2NO4/c1-23(13-14-4-8-16(9-5-14)27-20(21)22)19(24)11-7-15-6-10-17(25-2)12-18(15)26-3/h4-12,20H,13H2,1-3H3/b11-7+. The highest BCUT2D eigenvalue weighted by Crippen LogP contribution is 2.25. The van der Waals surface area contributed by atoms with E-state index in [0.29, 0.717) is 18.0 Å². The molecular formula is C20H21F2NO4. The number of likely N-dealkylation sites (N-methyl/N-ethyl adjacent to an activating group) is 1. The first kappa shape index (κ1) is 20.2. The molecule has 0 atom stereocenters. The molecule has 0 spiro atoms. The summed E-state index contributed by atoms with van der Waals surface area (Å²) in [4.78, 5) is 13.8. The quantitative estimate of drug-likeness (QED) is 0.653. The second-order valence-corrected chi connectivity index (χ2v) is 5.66. The largest absolute Gasteiger partial charge is 0.497 e. The van der Waals surface area contributed by atoms with E-state index < -0.39 is 6.61 Å². The van der Waals surface area contributed by atoms with Crippen LogP contribution in [0.1, 0.15) is 11.1 Å². The maximum atomic E-state index is 12.3. The van der Waals surface area contributed by atoms with E-state index in [4.69, 9.17) is 9.47 Å². The highest BCUT2D eigenvalue weighted by Gasteiger charge is 2.09. The molecule has 0 bridgehead atoms. The van der Waals surface area contributed by atoms with Gasteiger partial charge in [0.15, 0.2) is 0 Å². The Bertz CT molecular complexity index is 791. The lowest BCUT2D eigenvalue weighted by Gasteiger charge is -2.15. The van der Waals surface area contributed by atoms with Gasteiger partial charge in [-0.25, -0.2) is 0 Å². The molecule has 0 saturated carbocycles. The van der Waals surface area contributed by atoms with Crippen LogP contribution in [-0.2, 0) is 11.3 Å². The van der Waals surface area contributed by atoms with Crippen molar-refractivity contribution in [1.29, 1.82) is 0 Å². The molecule has 0 radical (unpaired) electrons. The van der Waals surface area contributed by atoms with Crippen molar-refractivity contribution in [3.63, 3.8) is 0 Å². The normalized spacial score (nSPS) is 10.9. The van der Waals surface area contributed by atoms with Crippen molar-refractivity contribution in [2.24, 2.45) is 0 Å². The summed E-state index contributed by atoms with van der Waals surface area (Å²) in [5.74, 6) is 1.12. The molecule has 0 heterocycles. The summed E-state index contributed by atoms with van der Waals surface area (Å²) in [6.45, 7) is -2.53. The van der Waals surface area contributed by atoms with Gasteiger partial charge in [0, 0.05) is 31.3 Å². The van der Waals surface area contributed by atoms with Crippen molar-refractivity contribution in [1.82, 2.24) is 4.90 Å². The van der Waals surface area contributed by atoms with Crippen molar-refractivity contribution in [3.05, 3.63) is 59.7 Å². The Morgan fingerprint density at radius 2 is 1.74 bits per heavy atom. The maximum Gasteiger partial charge on any atom is 0.387 e. The maximum absolute atomic E-state index is 12.3. The van der Waals surface area contributed by atoms with E-state index in [9.17, 15) is 13.6 Å². The zero-order valence-electron chi connectivity index (χ0n) is 15.3. The van der Waals surface area contributed by atoms with Gasteiger partial charge >= 0.3 is 6.61 Å². The fraction of sp³-hybridized carbons (Fsp3) is 0.250. The highest BCUT2D eigenvalue weighted by atomic mass is 19.3. The molecule has 5 nitrogen and oxygen atoms in total. The summed E-state index contributed by atoms with van der Waals surface area (Å²) in [7, 11) is 4.76. The molecule has 0 aliphatic heterocycles. The Hall–Kier alpha value is -3.09. The monoisotopic (exact) mass is 377 g/mol. The molecule has 1 amide bonds. The molecule has 2 aromatic rings. The van der Waals surface area contributed by atoms with Gasteiger partial charge in [0.25, 0.3) is 0 Å². The van der Waals surface area contributed by atoms with E-state index in [2.05, 4.69) is 4.74 Å². The topological polar surface area (TPSA) is 48.0 Å². The van der Waals surface area contributed by atoms with E-state index in [1.807, 2.05) is 0 Å². The molecule has 0 fully saturated rings. The van der Waals surface area contributed by atoms with Gasteiger partial charge in [-0.15, -0.1) is 0 Å². The van der Waals surface area contributed by atoms with Gasteiger partial charge in [-0.3, -0.25) is 4.79 Å². The predicted octanol–water partition coefficient (Wildman–Crippen LogP) is 3.98. The number of methoxy groups -OCH3 is 2. The van der Waals surface area contributed by atoms with Crippen LogP contribution in [0.15, 0.2) is 48.5 Å². The van der Waals surface area contributed by atoms with Crippen LogP contribution >= 0.6 is 0 Å². The molecular weight excluding hydrogens is 356 g/mol. The number of carbonyl (C=O) groups is 1. The van der Waals surface area contributed by atoms with Crippen molar-refractivity contribution < 1.29 is 27.8 Å². The minimum absolute atomic E-state index is 0.0780. The molecule has 2 aromatic carbocycles. The van der Waals surface area contributed by atoms with Crippen LogP contribution in [0.3, 0.4) is 0 Å². The van der Waals surface area contributed by atoms with Crippen molar-refractivity contribution in [2.75, 3.05) is 21.3 Å². The first-order valence-electron chi connectivity index (χ1n) is 8.12. The summed E-state index contributed by atoms with van der Waals surface area (Å²) in [6.07, 6.45) is 3.11. The average molecular weight is 377 g/mol. The summed E-state index contributed by atoms with van der Waals surface area (Å²) in [5.41, 5.74) is 1.54. The van der Waals surface area contributed by atoms with Gasteiger partial charge in [0.05, 0.1) is 14.2 Å². The molecule has 2 rings (SSSR count). The van der Waals surface area contributed by atoms with E-state index in [0.717, 1.165) is 11.1 Å². The van der Waals surface area contributed by atoms with E-state index in [-0.39, 0.29) is 11.7 Å². The Balaban J connectivity index is 2.00. The molecule has 0 aromatic heterocycles. The lowest BCUT2D eigenvalue weighted by atomic mass is 10.1. The van der Waals surface area contributed by atoms with Crippen LogP contribution in [0.25, 0.3) is 6.08 Å². The smallest absolute Gasteiger partial charge is 0.387 e. The number of hydrogen-bond acceptors (Lipinski definition) is 4. The molecule has 0 saturated heterocycles. The second kappa shape index (κ2) is 9.56. The third kappa shape index (κ3) is 5.99. The predicted molar refractivity (Wildman–Crippen MR) is 98.1 cm³/mol. The Labute approximate surface area is 156 Å². The highest BCUT2D eigenvalue weighted by molar-refractivity contribution is 5.92. The average Bonchev–Trinajstić information content (AvgIpc) is 2.66. The van der Waals surface area contributed by atoms with Gasteiger partial charge < -0.3 is 19.1 Å². The van der Waals surface area contributed by atoms with Gasteiger partial charge in [0.2, 0.25) is 5.91 Å². The first-order chi connectivity index (χ1) is 12.9. The number of rotatable bonds is 8. The Morgan fingerprint density at radius 1 is 1.07 bits per heavy atom. The van der Waals surface area contributed by atoms with E-state index in [1.165, 1.54) is 23.1 Å². The van der Waals surface area contributed by atoms with E-state index in [1.54, 1.807) is 57.7 Å². The number of ether oxygens (including phenoxy) is 3. The van der Waals surface area contributed by atoms with Crippen LogP contribution in [0.5, 0.6) is 17.2 Å². The summed E-state index contributed by atoms with van der Waals surface area (Å²) in [5, 5.41) is 0. The third-order valence-corrected chi connectivity index (χ3v) is 3.79. The molecule has 7 heteroatoms. The SMILES string of the molecule is COc1ccc(/C=C/C(=O)N(C)Cc2ccc(OC(F)F)cc2)c(OC)c1. The number of halogens is 2. The van der Waals surface area contributed by atoms with Crippen LogP contribution in [0.4, 0.5) is 8.78 Å². The number of carbonyl (C=O) groups excluding carboxylic acids is 1. The zero-order valence-corrected chi connectivity index (χ0v) is 15.3. The lowest BCUT2D eigenvalue weighted by Crippen LogP contribution is -2.24. The van der Waals surface area contributed by atoms with Crippen LogP contribution in [-0.4, -0.2) is 38.7 Å². The minimum Gasteiger partial charge on any atom is -0.497 e. The van der Waals surface area contributed by atoms with Crippen molar-refractivity contribution >= 4 is 12.0 Å². The fourth-order valence-corrected chi connectivity index (χ4v) is 2.37. The van der Waals surface area contributed by atoms with Gasteiger partial charge in [0.1, 0.15) is 17.2 Å². The first-order valence-corrected chi connectivity index (χ1v) is 8.12. The molecule has 0 aliphatic carbocycles. The van der Waals surface area contributed by atoms with E-state index >= 15 is 0 Å².